The number of nitrogens with zero attached hydrogens (tertiary/aromatic N) is 3. The first-order valence-corrected chi connectivity index (χ1v) is 5.91. The van der Waals surface area contributed by atoms with E-state index in [-0.39, 0.29) is 11.6 Å². The van der Waals surface area contributed by atoms with Gasteiger partial charge in [-0.2, -0.15) is 5.11 Å². The van der Waals surface area contributed by atoms with Crippen LogP contribution >= 0.6 is 0 Å². The molecule has 2 aliphatic rings. The van der Waals surface area contributed by atoms with Crippen molar-refractivity contribution in [3.8, 4) is 5.88 Å². The minimum absolute atomic E-state index is 0.328. The lowest BCUT2D eigenvalue weighted by molar-refractivity contribution is -0.329. The average molecular weight is 311 g/mol. The maximum absolute atomic E-state index is 11.8. The molecular weight excluding hydrogens is 302 g/mol. The van der Waals surface area contributed by atoms with Gasteiger partial charge in [-0.05, 0) is 5.23 Å². The van der Waals surface area contributed by atoms with Crippen LogP contribution in [0.25, 0.3) is 0 Å². The summed E-state index contributed by atoms with van der Waals surface area (Å²) in [6.45, 7) is 0. The molecule has 13 nitrogen and oxygen atoms in total. The molecule has 13 heteroatoms. The molecule has 0 aliphatic carbocycles. The third-order valence-corrected chi connectivity index (χ3v) is 2.71. The van der Waals surface area contributed by atoms with Crippen molar-refractivity contribution in [2.24, 2.45) is 10.2 Å². The number of fused-ring (bicyclic) bond motifs is 2. The topological polar surface area (TPSA) is 170 Å². The average Bonchev–Trinajstić information content (AvgIpc) is 2.45. The number of urea groups is 1. The van der Waals surface area contributed by atoms with Crippen LogP contribution in [0.2, 0.25) is 0 Å². The third-order valence-electron chi connectivity index (χ3n) is 2.71. The number of aromatic amines is 2. The summed E-state index contributed by atoms with van der Waals surface area (Å²) in [4.78, 5) is 60.4. The van der Waals surface area contributed by atoms with Crippen molar-refractivity contribution in [3.63, 3.8) is 0 Å². The van der Waals surface area contributed by atoms with E-state index in [2.05, 4.69) is 20.5 Å². The summed E-state index contributed by atoms with van der Waals surface area (Å²) in [6, 6.07) is -2.03. The number of hydrogen-bond acceptors (Lipinski definition) is 9. The summed E-state index contributed by atoms with van der Waals surface area (Å²) in [5.41, 5.74) is -2.05. The Labute approximate surface area is 120 Å². The van der Waals surface area contributed by atoms with Gasteiger partial charge in [0.25, 0.3) is 17.3 Å². The van der Waals surface area contributed by atoms with Gasteiger partial charge in [-0.1, -0.05) is 0 Å². The summed E-state index contributed by atoms with van der Waals surface area (Å²) in [5.74, 6) is -1.10. The number of azo groups is 1. The Kier molecular flexibility index (Phi) is 3.19. The molecule has 0 radical (unpaired) electrons. The molecule has 0 saturated carbocycles. The summed E-state index contributed by atoms with van der Waals surface area (Å²) in [7, 11) is 1.28. The van der Waals surface area contributed by atoms with Crippen LogP contribution in [0.3, 0.4) is 0 Å². The number of nitrogens with one attached hydrogen (secondary N) is 4. The smallest absolute Gasteiger partial charge is 0.328 e. The van der Waals surface area contributed by atoms with Gasteiger partial charge in [0.2, 0.25) is 5.69 Å². The quantitative estimate of drug-likeness (QED) is 0.423. The van der Waals surface area contributed by atoms with Crippen molar-refractivity contribution in [1.29, 1.82) is 0 Å². The van der Waals surface area contributed by atoms with Gasteiger partial charge in [-0.15, -0.1) is 5.11 Å². The minimum Gasteiger partial charge on any atom is -0.360 e. The van der Waals surface area contributed by atoms with Crippen molar-refractivity contribution >= 4 is 17.6 Å². The van der Waals surface area contributed by atoms with Gasteiger partial charge in [-0.25, -0.2) is 14.4 Å². The Morgan fingerprint density at radius 3 is 2.73 bits per heavy atom. The van der Waals surface area contributed by atoms with Crippen molar-refractivity contribution in [2.75, 3.05) is 7.05 Å². The molecule has 1 aromatic heterocycles. The van der Waals surface area contributed by atoms with E-state index < -0.39 is 35.5 Å². The molecule has 2 atom stereocenters. The second-order valence-electron chi connectivity index (χ2n) is 4.27. The van der Waals surface area contributed by atoms with E-state index in [1.165, 1.54) is 7.05 Å². The molecule has 3 rings (SSSR count). The molecule has 116 valence electrons. The Balaban J connectivity index is 2.07. The molecule has 22 heavy (non-hydrogen) atoms. The highest BCUT2D eigenvalue weighted by Crippen LogP contribution is 2.23. The van der Waals surface area contributed by atoms with Gasteiger partial charge in [0.15, 0.2) is 12.3 Å². The Hall–Kier alpha value is -3.06. The SMILES string of the molecule is CN1Oc2[nH]c(=O)[nH]c(=O)c2N=NC2C(=O)NC(=O)NC2O1. The standard InChI is InChI=1S/C9H9N7O6/c1-16-21-6-2(4(17)10-8(19)12-6)14-15-3-5(18)11-9(20)13-7(3)22-16/h2,6H,1H3,(H2,10,12,17,19)(H2,11,13,18,20). The molecule has 2 aliphatic heterocycles. The molecule has 2 unspecified atom stereocenters. The zero-order valence-electron chi connectivity index (χ0n) is 10.9. The molecule has 3 amide bonds. The summed E-state index contributed by atoms with van der Waals surface area (Å²) in [6.07, 6.45) is -1.20. The number of H-pyrrole nitrogens is 2. The minimum atomic E-state index is -1.25. The van der Waals surface area contributed by atoms with Crippen LogP contribution in [0.4, 0.5) is 10.5 Å². The van der Waals surface area contributed by atoms with E-state index >= 15 is 0 Å². The Bertz CT molecular complexity index is 781. The number of carbonyl (C=O) groups excluding carboxylic acids is 2. The van der Waals surface area contributed by atoms with Crippen LogP contribution in [0, 0.1) is 0 Å². The van der Waals surface area contributed by atoms with Crippen molar-refractivity contribution in [3.05, 3.63) is 20.8 Å². The van der Waals surface area contributed by atoms with Crippen LogP contribution < -0.4 is 26.7 Å². The van der Waals surface area contributed by atoms with Crippen LogP contribution in [0.1, 0.15) is 0 Å². The summed E-state index contributed by atoms with van der Waals surface area (Å²) < 4.78 is 0. The maximum Gasteiger partial charge on any atom is 0.328 e. The lowest BCUT2D eigenvalue weighted by atomic mass is 10.2. The molecule has 1 aromatic rings. The zero-order chi connectivity index (χ0) is 15.9. The van der Waals surface area contributed by atoms with Crippen molar-refractivity contribution in [2.45, 2.75) is 12.3 Å². The first-order chi connectivity index (χ1) is 10.4. The fourth-order valence-electron chi connectivity index (χ4n) is 1.81. The molecular formula is C9H9N7O6. The number of rotatable bonds is 0. The van der Waals surface area contributed by atoms with Gasteiger partial charge in [0.1, 0.15) is 0 Å². The van der Waals surface area contributed by atoms with E-state index in [9.17, 15) is 19.2 Å². The zero-order valence-corrected chi connectivity index (χ0v) is 10.9. The molecule has 1 saturated heterocycles. The number of hydroxylamine groups is 2. The normalized spacial score (nSPS) is 24.8. The predicted octanol–water partition coefficient (Wildman–Crippen LogP) is -2.15. The summed E-state index contributed by atoms with van der Waals surface area (Å²) in [5, 5.41) is 12.3. The highest BCUT2D eigenvalue weighted by molar-refractivity contribution is 6.00. The van der Waals surface area contributed by atoms with E-state index in [1.54, 1.807) is 0 Å². The number of imide groups is 1. The van der Waals surface area contributed by atoms with E-state index in [4.69, 9.17) is 9.68 Å². The number of carbonyl (C=O) groups is 2. The van der Waals surface area contributed by atoms with Gasteiger partial charge < -0.3 is 10.2 Å². The lowest BCUT2D eigenvalue weighted by Gasteiger charge is -2.29. The molecule has 0 bridgehead atoms. The first kappa shape index (κ1) is 13.9. The number of aromatic nitrogens is 2. The Morgan fingerprint density at radius 2 is 1.95 bits per heavy atom. The lowest BCUT2D eigenvalue weighted by Crippen LogP contribution is -2.62. The van der Waals surface area contributed by atoms with Crippen LogP contribution in [-0.4, -0.2) is 46.5 Å². The third kappa shape index (κ3) is 2.45. The van der Waals surface area contributed by atoms with Crippen LogP contribution in [0.15, 0.2) is 19.8 Å². The number of hydrogen-bond donors (Lipinski definition) is 4. The molecule has 0 spiro atoms. The van der Waals surface area contributed by atoms with E-state index in [0.29, 0.717) is 0 Å². The van der Waals surface area contributed by atoms with Gasteiger partial charge in [-0.3, -0.25) is 24.9 Å². The monoisotopic (exact) mass is 311 g/mol. The highest BCUT2D eigenvalue weighted by Gasteiger charge is 2.39. The van der Waals surface area contributed by atoms with Crippen molar-refractivity contribution in [1.82, 2.24) is 25.8 Å². The molecule has 3 heterocycles. The predicted molar refractivity (Wildman–Crippen MR) is 65.9 cm³/mol. The second kappa shape index (κ2) is 5.05. The fourth-order valence-corrected chi connectivity index (χ4v) is 1.81. The van der Waals surface area contributed by atoms with E-state index in [1.807, 2.05) is 10.3 Å². The van der Waals surface area contributed by atoms with Gasteiger partial charge >= 0.3 is 11.7 Å². The molecule has 4 N–H and O–H groups in total. The summed E-state index contributed by atoms with van der Waals surface area (Å²) >= 11 is 0. The Morgan fingerprint density at radius 1 is 1.18 bits per heavy atom. The van der Waals surface area contributed by atoms with Crippen LogP contribution in [0.5, 0.6) is 5.88 Å². The maximum atomic E-state index is 11.8. The first-order valence-electron chi connectivity index (χ1n) is 5.91. The van der Waals surface area contributed by atoms with Gasteiger partial charge in [0.05, 0.1) is 7.05 Å². The van der Waals surface area contributed by atoms with E-state index in [0.717, 1.165) is 5.23 Å². The largest absolute Gasteiger partial charge is 0.360 e. The molecule has 0 aromatic carbocycles. The highest BCUT2D eigenvalue weighted by atomic mass is 17.0. The van der Waals surface area contributed by atoms with Crippen molar-refractivity contribution < 1.29 is 19.3 Å². The number of amides is 3. The van der Waals surface area contributed by atoms with Gasteiger partial charge in [0, 0.05) is 0 Å². The second-order valence-corrected chi connectivity index (χ2v) is 4.27. The molecule has 1 fully saturated rings. The van der Waals surface area contributed by atoms with Crippen LogP contribution in [-0.2, 0) is 9.63 Å². The fraction of sp³-hybridized carbons (Fsp3) is 0.333.